The molecule has 2 unspecified atom stereocenters. The van der Waals surface area contributed by atoms with Gasteiger partial charge in [0.05, 0.1) is 11.9 Å². The summed E-state index contributed by atoms with van der Waals surface area (Å²) in [6, 6.07) is 6.86. The predicted octanol–water partition coefficient (Wildman–Crippen LogP) is 2.08. The Morgan fingerprint density at radius 1 is 1.14 bits per heavy atom. The van der Waals surface area contributed by atoms with Crippen LogP contribution < -0.4 is 5.32 Å². The van der Waals surface area contributed by atoms with Crippen LogP contribution in [0.25, 0.3) is 10.9 Å². The number of likely N-dealkylation sites (N-methyl/N-ethyl adjacent to an activating group) is 1. The molecule has 6 rings (SSSR count). The number of amides is 2. The first-order valence-electron chi connectivity index (χ1n) is 10.9. The Bertz CT molecular complexity index is 932. The minimum Gasteiger partial charge on any atom is -0.353 e. The summed E-state index contributed by atoms with van der Waals surface area (Å²) in [5.41, 5.74) is 2.24. The van der Waals surface area contributed by atoms with Crippen LogP contribution in [0.15, 0.2) is 18.2 Å². The second-order valence-electron chi connectivity index (χ2n) is 8.96. The third-order valence-electron chi connectivity index (χ3n) is 6.98. The molecule has 7 heteroatoms. The fourth-order valence-corrected chi connectivity index (χ4v) is 5.29. The number of carbonyl (C=O) groups is 2. The van der Waals surface area contributed by atoms with Crippen LogP contribution in [0.3, 0.4) is 0 Å². The fourth-order valence-electron chi connectivity index (χ4n) is 5.29. The van der Waals surface area contributed by atoms with E-state index in [2.05, 4.69) is 27.5 Å². The summed E-state index contributed by atoms with van der Waals surface area (Å²) in [5.74, 6) is 0.0654. The lowest BCUT2D eigenvalue weighted by Gasteiger charge is -2.50. The number of rotatable bonds is 4. The molecule has 1 aromatic carbocycles. The minimum atomic E-state index is 0.00612. The number of aromatic nitrogens is 2. The van der Waals surface area contributed by atoms with E-state index in [1.54, 1.807) is 0 Å². The van der Waals surface area contributed by atoms with Crippen molar-refractivity contribution in [3.63, 3.8) is 0 Å². The van der Waals surface area contributed by atoms with Crippen LogP contribution >= 0.6 is 0 Å². The van der Waals surface area contributed by atoms with Crippen LogP contribution in [-0.4, -0.2) is 70.1 Å². The number of nitrogens with zero attached hydrogens (tertiary/aromatic N) is 3. The summed E-state index contributed by atoms with van der Waals surface area (Å²) < 4.78 is 0. The van der Waals surface area contributed by atoms with Crippen LogP contribution in [-0.2, 0) is 11.2 Å². The summed E-state index contributed by atoms with van der Waals surface area (Å²) in [6.07, 6.45) is 7.13. The molecule has 0 spiro atoms. The van der Waals surface area contributed by atoms with Crippen molar-refractivity contribution in [2.45, 2.75) is 63.1 Å². The third-order valence-corrected chi connectivity index (χ3v) is 6.98. The van der Waals surface area contributed by atoms with Crippen LogP contribution in [0, 0.1) is 0 Å². The number of piperidine rings is 2. The van der Waals surface area contributed by atoms with Crippen LogP contribution in [0.2, 0.25) is 0 Å². The molecule has 2 N–H and O–H groups in total. The van der Waals surface area contributed by atoms with Crippen molar-refractivity contribution in [2.24, 2.45) is 0 Å². The molecular formula is C22H29N5O2. The number of H-pyrrole nitrogens is 1. The zero-order valence-corrected chi connectivity index (χ0v) is 17.0. The molecule has 3 saturated heterocycles. The number of benzene rings is 1. The van der Waals surface area contributed by atoms with Crippen molar-refractivity contribution in [3.8, 4) is 0 Å². The Balaban J connectivity index is 1.34. The quantitative estimate of drug-likeness (QED) is 0.831. The molecule has 4 heterocycles. The number of piperazine rings is 1. The minimum absolute atomic E-state index is 0.00612. The van der Waals surface area contributed by atoms with Gasteiger partial charge in [0, 0.05) is 36.6 Å². The molecule has 2 bridgehead atoms. The lowest BCUT2D eigenvalue weighted by atomic mass is 9.91. The molecule has 29 heavy (non-hydrogen) atoms. The van der Waals surface area contributed by atoms with Gasteiger partial charge in [-0.15, -0.1) is 0 Å². The Morgan fingerprint density at radius 3 is 2.66 bits per heavy atom. The third kappa shape index (κ3) is 3.52. The molecule has 1 aromatic heterocycles. The van der Waals surface area contributed by atoms with E-state index in [9.17, 15) is 9.59 Å². The molecule has 1 aliphatic carbocycles. The van der Waals surface area contributed by atoms with Gasteiger partial charge in [-0.25, -0.2) is 0 Å². The predicted molar refractivity (Wildman–Crippen MR) is 111 cm³/mol. The van der Waals surface area contributed by atoms with Gasteiger partial charge in [-0.05, 0) is 50.4 Å². The van der Waals surface area contributed by atoms with Gasteiger partial charge in [-0.3, -0.25) is 19.6 Å². The lowest BCUT2D eigenvalue weighted by molar-refractivity contribution is -0.121. The van der Waals surface area contributed by atoms with E-state index in [-0.39, 0.29) is 17.9 Å². The molecule has 2 amide bonds. The summed E-state index contributed by atoms with van der Waals surface area (Å²) in [6.45, 7) is 1.71. The maximum absolute atomic E-state index is 13.3. The van der Waals surface area contributed by atoms with E-state index in [1.807, 2.05) is 23.1 Å². The van der Waals surface area contributed by atoms with Gasteiger partial charge >= 0.3 is 0 Å². The van der Waals surface area contributed by atoms with Gasteiger partial charge in [-0.1, -0.05) is 18.9 Å². The highest BCUT2D eigenvalue weighted by atomic mass is 16.2. The van der Waals surface area contributed by atoms with E-state index in [4.69, 9.17) is 0 Å². The van der Waals surface area contributed by atoms with Crippen molar-refractivity contribution >= 4 is 22.7 Å². The Labute approximate surface area is 170 Å². The number of hydrogen-bond donors (Lipinski definition) is 2. The Morgan fingerprint density at radius 2 is 1.93 bits per heavy atom. The van der Waals surface area contributed by atoms with Crippen molar-refractivity contribution < 1.29 is 9.59 Å². The first-order chi connectivity index (χ1) is 14.1. The molecule has 4 fully saturated rings. The van der Waals surface area contributed by atoms with Gasteiger partial charge in [0.1, 0.15) is 0 Å². The van der Waals surface area contributed by atoms with E-state index < -0.39 is 0 Å². The van der Waals surface area contributed by atoms with Crippen molar-refractivity contribution in [1.29, 1.82) is 0 Å². The summed E-state index contributed by atoms with van der Waals surface area (Å²) in [7, 11) is 2.14. The highest BCUT2D eigenvalue weighted by Crippen LogP contribution is 2.30. The monoisotopic (exact) mass is 395 g/mol. The summed E-state index contributed by atoms with van der Waals surface area (Å²) >= 11 is 0. The highest BCUT2D eigenvalue weighted by molar-refractivity contribution is 6.05. The van der Waals surface area contributed by atoms with Gasteiger partial charge in [-0.2, -0.15) is 5.10 Å². The van der Waals surface area contributed by atoms with Gasteiger partial charge in [0.2, 0.25) is 5.91 Å². The van der Waals surface area contributed by atoms with Gasteiger partial charge < -0.3 is 10.2 Å². The molecule has 2 aromatic rings. The Kier molecular flexibility index (Phi) is 4.78. The van der Waals surface area contributed by atoms with Crippen LogP contribution in [0.5, 0.6) is 0 Å². The molecule has 3 aliphatic heterocycles. The smallest absolute Gasteiger partial charge is 0.275 e. The molecule has 0 radical (unpaired) electrons. The number of nitrogens with one attached hydrogen (secondary N) is 2. The zero-order valence-electron chi connectivity index (χ0n) is 17.0. The topological polar surface area (TPSA) is 81.3 Å². The first kappa shape index (κ1) is 18.6. The number of aromatic amines is 1. The maximum atomic E-state index is 13.3. The molecule has 154 valence electrons. The fraction of sp³-hybridized carbons (Fsp3) is 0.591. The van der Waals surface area contributed by atoms with E-state index >= 15 is 0 Å². The normalized spacial score (nSPS) is 25.1. The number of fused-ring (bicyclic) bond motifs is 4. The van der Waals surface area contributed by atoms with Gasteiger partial charge in [0.15, 0.2) is 5.69 Å². The molecule has 1 saturated carbocycles. The van der Waals surface area contributed by atoms with Crippen molar-refractivity contribution in [2.75, 3.05) is 20.1 Å². The highest BCUT2D eigenvalue weighted by Gasteiger charge is 2.40. The standard InChI is InChI=1S/C22H29N5O2/c1-26-12-17-8-7-16(26)13-27(17)22(29)21-18-10-14(6-9-19(18)24-25-21)11-20(28)23-15-4-2-3-5-15/h6,9-10,15-17H,2-5,7-8,11-13H2,1H3,(H,23,28)(H,24,25). The summed E-state index contributed by atoms with van der Waals surface area (Å²) in [5, 5.41) is 11.3. The lowest BCUT2D eigenvalue weighted by Crippen LogP contribution is -2.62. The van der Waals surface area contributed by atoms with E-state index in [1.165, 1.54) is 12.8 Å². The molecule has 4 aliphatic rings. The maximum Gasteiger partial charge on any atom is 0.275 e. The molecule has 2 atom stereocenters. The van der Waals surface area contributed by atoms with Gasteiger partial charge in [0.25, 0.3) is 5.91 Å². The number of carbonyl (C=O) groups excluding carboxylic acids is 2. The van der Waals surface area contributed by atoms with Crippen molar-refractivity contribution in [1.82, 2.24) is 25.3 Å². The average molecular weight is 396 g/mol. The van der Waals surface area contributed by atoms with E-state index in [0.29, 0.717) is 24.2 Å². The van der Waals surface area contributed by atoms with Crippen LogP contribution in [0.4, 0.5) is 0 Å². The summed E-state index contributed by atoms with van der Waals surface area (Å²) in [4.78, 5) is 30.1. The van der Waals surface area contributed by atoms with E-state index in [0.717, 1.165) is 55.2 Å². The molecule has 7 nitrogen and oxygen atoms in total. The number of hydrogen-bond acceptors (Lipinski definition) is 4. The largest absolute Gasteiger partial charge is 0.353 e. The van der Waals surface area contributed by atoms with Crippen LogP contribution in [0.1, 0.15) is 54.6 Å². The second kappa shape index (κ2) is 7.44. The SMILES string of the molecule is CN1CC2CCC1CN2C(=O)c1n[nH]c2ccc(CC(=O)NC3CCCC3)cc12. The first-order valence-corrected chi connectivity index (χ1v) is 10.9. The Hall–Kier alpha value is -2.41. The molecular weight excluding hydrogens is 366 g/mol. The second-order valence-corrected chi connectivity index (χ2v) is 8.96. The average Bonchev–Trinajstić information content (AvgIpc) is 3.37. The van der Waals surface area contributed by atoms with Crippen molar-refractivity contribution in [3.05, 3.63) is 29.5 Å². The zero-order chi connectivity index (χ0) is 20.0.